The number of carbonyl (C=O) groups is 1. The Morgan fingerprint density at radius 2 is 1.49 bits per heavy atom. The monoisotopic (exact) mass is 529 g/mol. The number of carbonyl (C=O) groups excluding carboxylic acids is 1. The Hall–Kier alpha value is -3.31. The summed E-state index contributed by atoms with van der Waals surface area (Å²) >= 11 is 0. The van der Waals surface area contributed by atoms with E-state index in [1.807, 2.05) is 52.0 Å². The largest absolute Gasteiger partial charge is 0.491 e. The Morgan fingerprint density at radius 1 is 0.846 bits per heavy atom. The van der Waals surface area contributed by atoms with Gasteiger partial charge in [-0.15, -0.1) is 0 Å². The number of rotatable bonds is 10. The third-order valence-corrected chi connectivity index (χ3v) is 7.11. The Balaban J connectivity index is 1.94. The van der Waals surface area contributed by atoms with Gasteiger partial charge in [0.15, 0.2) is 6.29 Å². The zero-order chi connectivity index (χ0) is 28.3. The number of hydrogen-bond donors (Lipinski definition) is 0. The summed E-state index contributed by atoms with van der Waals surface area (Å²) in [4.78, 5) is 14.9. The second-order valence-corrected chi connectivity index (χ2v) is 11.4. The Kier molecular flexibility index (Phi) is 9.01. The first kappa shape index (κ1) is 28.7. The lowest BCUT2D eigenvalue weighted by atomic mass is 9.81. The quantitative estimate of drug-likeness (QED) is 0.249. The molecule has 0 unspecified atom stereocenters. The lowest BCUT2D eigenvalue weighted by molar-refractivity contribution is 0.112. The van der Waals surface area contributed by atoms with E-state index < -0.39 is 0 Å². The second kappa shape index (κ2) is 12.3. The van der Waals surface area contributed by atoms with Crippen molar-refractivity contribution in [3.8, 4) is 28.4 Å². The van der Waals surface area contributed by atoms with Crippen molar-refractivity contribution in [3.05, 3.63) is 76.9 Å². The predicted molar refractivity (Wildman–Crippen MR) is 158 cm³/mol. The molecule has 3 aromatic carbocycles. The Bertz CT molecular complexity index is 1280. The van der Waals surface area contributed by atoms with E-state index in [9.17, 15) is 4.79 Å². The van der Waals surface area contributed by atoms with E-state index in [2.05, 4.69) is 62.9 Å². The molecule has 0 aromatic heterocycles. The maximum Gasteiger partial charge on any atom is 0.150 e. The van der Waals surface area contributed by atoms with E-state index in [4.69, 9.17) is 14.2 Å². The molecule has 1 aliphatic heterocycles. The molecule has 0 radical (unpaired) electrons. The van der Waals surface area contributed by atoms with Crippen molar-refractivity contribution in [1.82, 2.24) is 4.90 Å². The fourth-order valence-electron chi connectivity index (χ4n) is 5.62. The van der Waals surface area contributed by atoms with E-state index in [-0.39, 0.29) is 30.4 Å². The van der Waals surface area contributed by atoms with Gasteiger partial charge in [0.1, 0.15) is 17.2 Å². The van der Waals surface area contributed by atoms with Crippen LogP contribution in [-0.2, 0) is 13.0 Å². The SMILES string of the molecule is CC(C)Oc1ccc(-c2c(OC(C)C)cc(OC(C)C)c3c2C[C@@H](C)N(Cc2ccccc2)[C@@H]3C)c(C=O)c1. The molecule has 2 atom stereocenters. The Labute approximate surface area is 234 Å². The van der Waals surface area contributed by atoms with Gasteiger partial charge in [-0.25, -0.2) is 0 Å². The van der Waals surface area contributed by atoms with Gasteiger partial charge in [-0.3, -0.25) is 9.69 Å². The lowest BCUT2D eigenvalue weighted by Crippen LogP contribution is -2.41. The minimum absolute atomic E-state index is 0.0129. The van der Waals surface area contributed by atoms with Gasteiger partial charge in [-0.1, -0.05) is 30.3 Å². The van der Waals surface area contributed by atoms with Crippen molar-refractivity contribution in [2.45, 2.75) is 98.8 Å². The van der Waals surface area contributed by atoms with Gasteiger partial charge in [0.25, 0.3) is 0 Å². The predicted octanol–water partition coefficient (Wildman–Crippen LogP) is 8.04. The van der Waals surface area contributed by atoms with E-state index in [0.717, 1.165) is 41.9 Å². The summed E-state index contributed by atoms with van der Waals surface area (Å²) in [5.41, 5.74) is 6.08. The van der Waals surface area contributed by atoms with Gasteiger partial charge in [0.05, 0.1) is 18.3 Å². The number of ether oxygens (including phenoxy) is 3. The van der Waals surface area contributed by atoms with Gasteiger partial charge >= 0.3 is 0 Å². The first-order chi connectivity index (χ1) is 18.6. The summed E-state index contributed by atoms with van der Waals surface area (Å²) in [6.45, 7) is 17.5. The van der Waals surface area contributed by atoms with E-state index >= 15 is 0 Å². The van der Waals surface area contributed by atoms with Crippen molar-refractivity contribution >= 4 is 6.29 Å². The van der Waals surface area contributed by atoms with Crippen LogP contribution in [0.5, 0.6) is 17.2 Å². The first-order valence-electron chi connectivity index (χ1n) is 14.2. The molecule has 0 saturated heterocycles. The maximum atomic E-state index is 12.4. The van der Waals surface area contributed by atoms with Crippen LogP contribution < -0.4 is 14.2 Å². The summed E-state index contributed by atoms with van der Waals surface area (Å²) in [5.74, 6) is 2.28. The summed E-state index contributed by atoms with van der Waals surface area (Å²) in [6.07, 6.45) is 1.73. The normalized spacial score (nSPS) is 17.4. The van der Waals surface area contributed by atoms with Gasteiger partial charge in [-0.05, 0) is 96.7 Å². The molecule has 5 nitrogen and oxygen atoms in total. The number of hydrogen-bond acceptors (Lipinski definition) is 5. The minimum Gasteiger partial charge on any atom is -0.491 e. The number of aldehydes is 1. The van der Waals surface area contributed by atoms with Crippen LogP contribution >= 0.6 is 0 Å². The summed E-state index contributed by atoms with van der Waals surface area (Å²) < 4.78 is 18.8. The molecule has 0 amide bonds. The van der Waals surface area contributed by atoms with Crippen LogP contribution in [0, 0.1) is 0 Å². The van der Waals surface area contributed by atoms with E-state index in [1.54, 1.807) is 0 Å². The molecule has 208 valence electrons. The molecular weight excluding hydrogens is 486 g/mol. The van der Waals surface area contributed by atoms with Crippen LogP contribution in [-0.4, -0.2) is 35.5 Å². The van der Waals surface area contributed by atoms with Crippen LogP contribution in [0.4, 0.5) is 0 Å². The lowest BCUT2D eigenvalue weighted by Gasteiger charge is -2.42. The molecule has 39 heavy (non-hydrogen) atoms. The van der Waals surface area contributed by atoms with Crippen molar-refractivity contribution in [1.29, 1.82) is 0 Å². The molecule has 1 heterocycles. The molecule has 3 aromatic rings. The molecule has 0 N–H and O–H groups in total. The molecular formula is C34H43NO4. The number of nitrogens with zero attached hydrogens (tertiary/aromatic N) is 1. The average molecular weight is 530 g/mol. The van der Waals surface area contributed by atoms with Gasteiger partial charge in [0, 0.05) is 41.4 Å². The third kappa shape index (κ3) is 6.47. The fourth-order valence-corrected chi connectivity index (χ4v) is 5.62. The van der Waals surface area contributed by atoms with E-state index in [1.165, 1.54) is 16.7 Å². The first-order valence-corrected chi connectivity index (χ1v) is 14.2. The Morgan fingerprint density at radius 3 is 2.10 bits per heavy atom. The molecule has 0 aliphatic carbocycles. The highest BCUT2D eigenvalue weighted by Gasteiger charge is 2.36. The fraction of sp³-hybridized carbons (Fsp3) is 0.441. The highest BCUT2D eigenvalue weighted by molar-refractivity contribution is 5.92. The van der Waals surface area contributed by atoms with Crippen molar-refractivity contribution < 1.29 is 19.0 Å². The molecule has 0 fully saturated rings. The summed E-state index contributed by atoms with van der Waals surface area (Å²) in [7, 11) is 0. The average Bonchev–Trinajstić information content (AvgIpc) is 2.86. The standard InChI is InChI=1S/C34H43NO4/c1-21(2)37-28-14-15-29(27(17-28)20-36)34-30-16-24(7)35(19-26-12-10-9-11-13-26)25(8)33(30)31(38-22(3)4)18-32(34)39-23(5)6/h9-15,17-18,20-25H,16,19H2,1-8H3/t24-,25-/m1/s1. The van der Waals surface area contributed by atoms with Gasteiger partial charge in [0.2, 0.25) is 0 Å². The summed E-state index contributed by atoms with van der Waals surface area (Å²) in [5, 5.41) is 0. The van der Waals surface area contributed by atoms with E-state index in [0.29, 0.717) is 11.3 Å². The van der Waals surface area contributed by atoms with Gasteiger partial charge in [-0.2, -0.15) is 0 Å². The summed E-state index contributed by atoms with van der Waals surface area (Å²) in [6, 6.07) is 18.8. The topological polar surface area (TPSA) is 48.0 Å². The van der Waals surface area contributed by atoms with Gasteiger partial charge < -0.3 is 14.2 Å². The highest BCUT2D eigenvalue weighted by Crippen LogP contribution is 2.49. The molecule has 1 aliphatic rings. The van der Waals surface area contributed by atoms with Crippen LogP contribution in [0.15, 0.2) is 54.6 Å². The molecule has 0 saturated carbocycles. The van der Waals surface area contributed by atoms with Crippen LogP contribution in [0.25, 0.3) is 11.1 Å². The smallest absolute Gasteiger partial charge is 0.150 e. The second-order valence-electron chi connectivity index (χ2n) is 11.4. The van der Waals surface area contributed by atoms with Crippen LogP contribution in [0.3, 0.4) is 0 Å². The molecule has 0 spiro atoms. The molecule has 0 bridgehead atoms. The molecule has 5 heteroatoms. The van der Waals surface area contributed by atoms with Crippen molar-refractivity contribution in [2.75, 3.05) is 0 Å². The third-order valence-electron chi connectivity index (χ3n) is 7.11. The maximum absolute atomic E-state index is 12.4. The zero-order valence-corrected chi connectivity index (χ0v) is 24.7. The van der Waals surface area contributed by atoms with Crippen molar-refractivity contribution in [3.63, 3.8) is 0 Å². The zero-order valence-electron chi connectivity index (χ0n) is 24.7. The molecule has 4 rings (SSSR count). The van der Waals surface area contributed by atoms with Crippen molar-refractivity contribution in [2.24, 2.45) is 0 Å². The highest BCUT2D eigenvalue weighted by atomic mass is 16.5. The minimum atomic E-state index is -0.0371. The van der Waals surface area contributed by atoms with Crippen LogP contribution in [0.2, 0.25) is 0 Å². The number of benzene rings is 3. The number of fused-ring (bicyclic) bond motifs is 1. The van der Waals surface area contributed by atoms with Crippen LogP contribution in [0.1, 0.15) is 88.5 Å².